The molecule has 0 heterocycles. The topological polar surface area (TPSA) is 41.6 Å². The molecule has 0 aromatic heterocycles. The number of benzene rings is 2. The average Bonchev–Trinajstić information content (AvgIpc) is 2.61. The third kappa shape index (κ3) is 5.56. The van der Waals surface area contributed by atoms with Gasteiger partial charge >= 0.3 is 0 Å². The third-order valence-electron chi connectivity index (χ3n) is 4.27. The summed E-state index contributed by atoms with van der Waals surface area (Å²) in [6, 6.07) is 14.2. The number of amides is 1. The van der Waals surface area contributed by atoms with E-state index in [9.17, 15) is 9.18 Å². The maximum Gasteiger partial charge on any atom is 0.234 e. The van der Waals surface area contributed by atoms with Crippen LogP contribution >= 0.6 is 0 Å². The molecule has 0 aliphatic heterocycles. The van der Waals surface area contributed by atoms with E-state index < -0.39 is 0 Å². The molecule has 2 aromatic carbocycles. The molecule has 0 bridgehead atoms. The first-order chi connectivity index (χ1) is 12.4. The molecule has 4 nitrogen and oxygen atoms in total. The molecule has 1 N–H and O–H groups in total. The number of likely N-dealkylation sites (N-methyl/N-ethyl adjacent to an activating group) is 1. The van der Waals surface area contributed by atoms with Gasteiger partial charge in [0.25, 0.3) is 0 Å². The molecule has 1 amide bonds. The lowest BCUT2D eigenvalue weighted by Gasteiger charge is -2.25. The summed E-state index contributed by atoms with van der Waals surface area (Å²) in [6.07, 6.45) is 0. The van der Waals surface area contributed by atoms with E-state index in [2.05, 4.69) is 19.2 Å². The Morgan fingerprint density at radius 1 is 1.15 bits per heavy atom. The molecular formula is C21H27FN2O2. The Bertz CT molecular complexity index is 716. The Hall–Kier alpha value is -2.40. The molecule has 0 fully saturated rings. The van der Waals surface area contributed by atoms with Gasteiger partial charge in [0.05, 0.1) is 19.7 Å². The summed E-state index contributed by atoms with van der Waals surface area (Å²) in [5, 5.41) is 3.09. The first-order valence-corrected chi connectivity index (χ1v) is 8.76. The van der Waals surface area contributed by atoms with Gasteiger partial charge in [-0.25, -0.2) is 4.39 Å². The first-order valence-electron chi connectivity index (χ1n) is 8.76. The van der Waals surface area contributed by atoms with Gasteiger partial charge in [-0.3, -0.25) is 9.69 Å². The molecule has 0 spiro atoms. The van der Waals surface area contributed by atoms with Crippen LogP contribution in [-0.2, 0) is 11.3 Å². The van der Waals surface area contributed by atoms with Crippen molar-refractivity contribution in [2.45, 2.75) is 26.4 Å². The van der Waals surface area contributed by atoms with Gasteiger partial charge in [0, 0.05) is 12.1 Å². The Balaban J connectivity index is 1.97. The second-order valence-electron chi connectivity index (χ2n) is 6.83. The van der Waals surface area contributed by atoms with Crippen molar-refractivity contribution in [3.63, 3.8) is 0 Å². The van der Waals surface area contributed by atoms with Crippen molar-refractivity contribution >= 4 is 5.91 Å². The zero-order valence-corrected chi connectivity index (χ0v) is 15.8. The molecule has 0 radical (unpaired) electrons. The van der Waals surface area contributed by atoms with Crippen LogP contribution in [0, 0.1) is 11.7 Å². The SMILES string of the molecule is COc1ccc(C(NC(=O)CN(C)Cc2ccccc2F)C(C)C)cc1. The highest BCUT2D eigenvalue weighted by Gasteiger charge is 2.19. The highest BCUT2D eigenvalue weighted by Crippen LogP contribution is 2.23. The average molecular weight is 358 g/mol. The van der Waals surface area contributed by atoms with Crippen molar-refractivity contribution in [2.24, 2.45) is 5.92 Å². The van der Waals surface area contributed by atoms with Gasteiger partial charge in [-0.1, -0.05) is 44.2 Å². The number of rotatable bonds is 8. The lowest BCUT2D eigenvalue weighted by Crippen LogP contribution is -2.38. The van der Waals surface area contributed by atoms with Crippen LogP contribution in [0.2, 0.25) is 0 Å². The molecule has 1 atom stereocenters. The number of methoxy groups -OCH3 is 1. The second kappa shape index (κ2) is 9.34. The van der Waals surface area contributed by atoms with Crippen molar-refractivity contribution in [1.82, 2.24) is 10.2 Å². The number of ether oxygens (including phenoxy) is 1. The summed E-state index contributed by atoms with van der Waals surface area (Å²) in [6.45, 7) is 4.72. The van der Waals surface area contributed by atoms with Crippen molar-refractivity contribution in [3.8, 4) is 5.75 Å². The Labute approximate surface area is 155 Å². The van der Waals surface area contributed by atoms with Gasteiger partial charge < -0.3 is 10.1 Å². The van der Waals surface area contributed by atoms with Gasteiger partial charge in [0.2, 0.25) is 5.91 Å². The third-order valence-corrected chi connectivity index (χ3v) is 4.27. The molecule has 0 saturated heterocycles. The number of carbonyl (C=O) groups is 1. The summed E-state index contributed by atoms with van der Waals surface area (Å²) in [5.41, 5.74) is 1.62. The fourth-order valence-electron chi connectivity index (χ4n) is 2.88. The molecule has 26 heavy (non-hydrogen) atoms. The first kappa shape index (κ1) is 19.9. The smallest absolute Gasteiger partial charge is 0.234 e. The predicted octanol–water partition coefficient (Wildman–Crippen LogP) is 3.78. The quantitative estimate of drug-likeness (QED) is 0.781. The lowest BCUT2D eigenvalue weighted by molar-refractivity contribution is -0.123. The Morgan fingerprint density at radius 3 is 2.38 bits per heavy atom. The maximum atomic E-state index is 13.7. The minimum Gasteiger partial charge on any atom is -0.497 e. The highest BCUT2D eigenvalue weighted by atomic mass is 19.1. The summed E-state index contributed by atoms with van der Waals surface area (Å²) in [4.78, 5) is 14.3. The van der Waals surface area contributed by atoms with Crippen LogP contribution in [-0.4, -0.2) is 31.5 Å². The van der Waals surface area contributed by atoms with E-state index in [4.69, 9.17) is 4.74 Å². The molecule has 0 aliphatic rings. The Morgan fingerprint density at radius 2 is 1.81 bits per heavy atom. The van der Waals surface area contributed by atoms with Crippen LogP contribution < -0.4 is 10.1 Å². The number of nitrogens with zero attached hydrogens (tertiary/aromatic N) is 1. The maximum absolute atomic E-state index is 13.7. The normalized spacial score (nSPS) is 12.3. The molecule has 2 aromatic rings. The number of carbonyl (C=O) groups excluding carboxylic acids is 1. The van der Waals surface area contributed by atoms with Crippen molar-refractivity contribution < 1.29 is 13.9 Å². The van der Waals surface area contributed by atoms with Crippen LogP contribution in [0.5, 0.6) is 5.75 Å². The summed E-state index contributed by atoms with van der Waals surface area (Å²) < 4.78 is 18.9. The molecular weight excluding hydrogens is 331 g/mol. The van der Waals surface area contributed by atoms with Crippen molar-refractivity contribution in [3.05, 3.63) is 65.5 Å². The van der Waals surface area contributed by atoms with Gasteiger partial charge in [-0.2, -0.15) is 0 Å². The van der Waals surface area contributed by atoms with E-state index in [-0.39, 0.29) is 30.2 Å². The number of nitrogens with one attached hydrogen (secondary N) is 1. The lowest BCUT2D eigenvalue weighted by atomic mass is 9.96. The van der Waals surface area contributed by atoms with Crippen molar-refractivity contribution in [2.75, 3.05) is 20.7 Å². The van der Waals surface area contributed by atoms with E-state index in [0.717, 1.165) is 11.3 Å². The van der Waals surface area contributed by atoms with Gasteiger partial charge in [0.1, 0.15) is 11.6 Å². The fraction of sp³-hybridized carbons (Fsp3) is 0.381. The number of hydrogen-bond donors (Lipinski definition) is 1. The summed E-state index contributed by atoms with van der Waals surface area (Å²) in [5.74, 6) is 0.688. The predicted molar refractivity (Wildman–Crippen MR) is 101 cm³/mol. The van der Waals surface area contributed by atoms with Crippen LogP contribution in [0.3, 0.4) is 0 Å². The highest BCUT2D eigenvalue weighted by molar-refractivity contribution is 5.78. The largest absolute Gasteiger partial charge is 0.497 e. The zero-order chi connectivity index (χ0) is 19.1. The molecule has 0 aliphatic carbocycles. The van der Waals surface area contributed by atoms with Gasteiger partial charge in [0.15, 0.2) is 0 Å². The monoisotopic (exact) mass is 358 g/mol. The molecule has 2 rings (SSSR count). The zero-order valence-electron chi connectivity index (χ0n) is 15.8. The van der Waals surface area contributed by atoms with Gasteiger partial charge in [-0.05, 0) is 36.7 Å². The van der Waals surface area contributed by atoms with Crippen LogP contribution in [0.4, 0.5) is 4.39 Å². The van der Waals surface area contributed by atoms with E-state index in [1.54, 1.807) is 30.2 Å². The second-order valence-corrected chi connectivity index (χ2v) is 6.83. The summed E-state index contributed by atoms with van der Waals surface area (Å²) in [7, 11) is 3.44. The molecule has 0 saturated carbocycles. The van der Waals surface area contributed by atoms with Crippen LogP contribution in [0.15, 0.2) is 48.5 Å². The number of hydrogen-bond acceptors (Lipinski definition) is 3. The number of halogens is 1. The molecule has 5 heteroatoms. The summed E-state index contributed by atoms with van der Waals surface area (Å²) >= 11 is 0. The molecule has 1 unspecified atom stereocenters. The van der Waals surface area contributed by atoms with Gasteiger partial charge in [-0.15, -0.1) is 0 Å². The van der Waals surface area contributed by atoms with E-state index >= 15 is 0 Å². The van der Waals surface area contributed by atoms with Crippen molar-refractivity contribution in [1.29, 1.82) is 0 Å². The van der Waals surface area contributed by atoms with E-state index in [0.29, 0.717) is 12.1 Å². The standard InChI is InChI=1S/C21H27FN2O2/c1-15(2)21(16-9-11-18(26-4)12-10-16)23-20(25)14-24(3)13-17-7-5-6-8-19(17)22/h5-12,15,21H,13-14H2,1-4H3,(H,23,25). The minimum atomic E-state index is -0.252. The molecule has 140 valence electrons. The minimum absolute atomic E-state index is 0.0849. The van der Waals surface area contributed by atoms with Crippen LogP contribution in [0.25, 0.3) is 0 Å². The Kier molecular flexibility index (Phi) is 7.16. The fourth-order valence-corrected chi connectivity index (χ4v) is 2.88. The van der Waals surface area contributed by atoms with E-state index in [1.807, 2.05) is 31.3 Å². The van der Waals surface area contributed by atoms with E-state index in [1.165, 1.54) is 6.07 Å². The van der Waals surface area contributed by atoms with Crippen LogP contribution in [0.1, 0.15) is 31.0 Å².